The molecule has 6 aromatic rings. The summed E-state index contributed by atoms with van der Waals surface area (Å²) in [5.74, 6) is 0.408. The Kier molecular flexibility index (Phi) is 12.9. The third kappa shape index (κ3) is 10.4. The summed E-state index contributed by atoms with van der Waals surface area (Å²) in [6.07, 6.45) is 0.360. The molecule has 57 heavy (non-hydrogen) atoms. The first kappa shape index (κ1) is 39.2. The summed E-state index contributed by atoms with van der Waals surface area (Å²) in [5, 5.41) is 37.9. The number of aromatic hydroxyl groups is 1. The molecule has 1 aliphatic heterocycles. The van der Waals surface area contributed by atoms with Crippen LogP contribution in [0.15, 0.2) is 126 Å². The zero-order chi connectivity index (χ0) is 39.6. The summed E-state index contributed by atoms with van der Waals surface area (Å²) in [7, 11) is 0. The number of phenolic OH excluding ortho intramolecular Hbond substituents is 1. The van der Waals surface area contributed by atoms with Gasteiger partial charge in [-0.05, 0) is 87.1 Å². The molecule has 1 aliphatic rings. The van der Waals surface area contributed by atoms with Crippen LogP contribution in [0.1, 0.15) is 60.3 Å². The van der Waals surface area contributed by atoms with Crippen LogP contribution in [0.25, 0.3) is 16.8 Å². The number of nitrogens with one attached hydrogen (secondary N) is 2. The minimum Gasteiger partial charge on any atom is -0.508 e. The van der Waals surface area contributed by atoms with E-state index in [1.807, 2.05) is 72.8 Å². The number of carbonyl (C=O) groups excluding carboxylic acids is 2. The molecule has 7 rings (SSSR count). The van der Waals surface area contributed by atoms with E-state index in [1.54, 1.807) is 53.2 Å². The largest absolute Gasteiger partial charge is 0.508 e. The molecule has 5 aromatic carbocycles. The highest BCUT2D eigenvalue weighted by atomic mass is 32.2. The molecule has 0 saturated carbocycles. The lowest BCUT2D eigenvalue weighted by molar-refractivity contribution is -0.245. The minimum atomic E-state index is -0.641. The standard InChI is InChI=1S/C43H43N7O6S/c44-37-7-1-2-8-38(37)46-41(54)10-4-9-40(53)45-25-29-5-3-6-33(23-29)30-15-17-32(18-16-30)42-55-36(24-39(56-42)31-13-11-28(26-51)12-14-31)27-57-43-47-48-49-50(43)34-19-21-35(52)22-20-34/h1-3,5-8,11-23,36,39,42,51-52H,4,9-10,24-27,44H2,(H,45,53)(H,46,54)/t36-,39+,42+/m0/s1. The molecule has 0 unspecified atom stereocenters. The van der Waals surface area contributed by atoms with E-state index in [-0.39, 0.29) is 49.2 Å². The number of benzene rings is 5. The van der Waals surface area contributed by atoms with E-state index in [2.05, 4.69) is 26.2 Å². The lowest BCUT2D eigenvalue weighted by Gasteiger charge is -2.36. The number of hydrogen-bond acceptors (Lipinski definition) is 11. The average Bonchev–Trinajstić information content (AvgIpc) is 3.72. The number of aliphatic hydroxyl groups excluding tert-OH is 1. The van der Waals surface area contributed by atoms with E-state index in [9.17, 15) is 19.8 Å². The SMILES string of the molecule is Nc1ccccc1NC(=O)CCCC(=O)NCc1cccc(-c2ccc([C@@H]3O[C@H](CSc4nnnn4-c4ccc(O)cc4)C[C@H](c4ccc(CO)cc4)O3)cc2)c1. The van der Waals surface area contributed by atoms with Gasteiger partial charge in [-0.3, -0.25) is 9.59 Å². The smallest absolute Gasteiger partial charge is 0.224 e. The predicted octanol–water partition coefficient (Wildman–Crippen LogP) is 6.87. The quantitative estimate of drug-likeness (QED) is 0.0540. The van der Waals surface area contributed by atoms with Gasteiger partial charge >= 0.3 is 0 Å². The van der Waals surface area contributed by atoms with Crippen molar-refractivity contribution in [3.8, 4) is 22.6 Å². The topological polar surface area (TPSA) is 187 Å². The van der Waals surface area contributed by atoms with Gasteiger partial charge in [0.05, 0.1) is 35.9 Å². The Balaban J connectivity index is 0.967. The first-order valence-electron chi connectivity index (χ1n) is 18.6. The van der Waals surface area contributed by atoms with Crippen molar-refractivity contribution in [3.05, 3.63) is 144 Å². The first-order valence-corrected chi connectivity index (χ1v) is 19.6. The number of thioether (sulfide) groups is 1. The van der Waals surface area contributed by atoms with Crippen molar-refractivity contribution in [2.45, 2.75) is 62.5 Å². The van der Waals surface area contributed by atoms with Gasteiger partial charge in [0.2, 0.25) is 17.0 Å². The number of carbonyl (C=O) groups is 2. The zero-order valence-electron chi connectivity index (χ0n) is 31.0. The van der Waals surface area contributed by atoms with Gasteiger partial charge in [0.15, 0.2) is 6.29 Å². The van der Waals surface area contributed by atoms with Crippen LogP contribution in [-0.4, -0.2) is 54.1 Å². The van der Waals surface area contributed by atoms with Crippen LogP contribution in [-0.2, 0) is 32.2 Å². The van der Waals surface area contributed by atoms with Crippen molar-refractivity contribution < 1.29 is 29.3 Å². The normalized spacial score (nSPS) is 16.5. The zero-order valence-corrected chi connectivity index (χ0v) is 31.8. The molecule has 1 aromatic heterocycles. The van der Waals surface area contributed by atoms with Gasteiger partial charge in [-0.15, -0.1) is 5.10 Å². The van der Waals surface area contributed by atoms with Crippen molar-refractivity contribution in [2.75, 3.05) is 16.8 Å². The van der Waals surface area contributed by atoms with Crippen LogP contribution >= 0.6 is 11.8 Å². The van der Waals surface area contributed by atoms with Crippen LogP contribution in [0.4, 0.5) is 11.4 Å². The van der Waals surface area contributed by atoms with Gasteiger partial charge in [-0.1, -0.05) is 90.6 Å². The second-order valence-electron chi connectivity index (χ2n) is 13.6. The van der Waals surface area contributed by atoms with Crippen LogP contribution in [0.3, 0.4) is 0 Å². The van der Waals surface area contributed by atoms with Gasteiger partial charge in [-0.2, -0.15) is 4.68 Å². The Morgan fingerprint density at radius 1 is 0.825 bits per heavy atom. The Morgan fingerprint density at radius 2 is 1.58 bits per heavy atom. The number of ether oxygens (including phenoxy) is 2. The highest BCUT2D eigenvalue weighted by molar-refractivity contribution is 7.99. The molecule has 14 heteroatoms. The molecule has 0 bridgehead atoms. The van der Waals surface area contributed by atoms with Crippen LogP contribution in [0.2, 0.25) is 0 Å². The van der Waals surface area contributed by atoms with E-state index >= 15 is 0 Å². The highest BCUT2D eigenvalue weighted by Crippen LogP contribution is 2.40. The monoisotopic (exact) mass is 785 g/mol. The fraction of sp³-hybridized carbons (Fsp3) is 0.233. The van der Waals surface area contributed by atoms with E-state index in [1.165, 1.54) is 11.8 Å². The van der Waals surface area contributed by atoms with Crippen molar-refractivity contribution in [3.63, 3.8) is 0 Å². The minimum absolute atomic E-state index is 0.0373. The number of nitrogens with two attached hydrogens (primary N) is 1. The molecule has 6 N–H and O–H groups in total. The maximum atomic E-state index is 12.6. The Hall–Kier alpha value is -6.06. The Morgan fingerprint density at radius 3 is 2.35 bits per heavy atom. The summed E-state index contributed by atoms with van der Waals surface area (Å²) < 4.78 is 14.7. The molecule has 0 radical (unpaired) electrons. The third-order valence-electron chi connectivity index (χ3n) is 9.52. The van der Waals surface area contributed by atoms with Crippen LogP contribution in [0, 0.1) is 0 Å². The highest BCUT2D eigenvalue weighted by Gasteiger charge is 2.33. The summed E-state index contributed by atoms with van der Waals surface area (Å²) >= 11 is 1.48. The molecule has 3 atom stereocenters. The van der Waals surface area contributed by atoms with Crippen molar-refractivity contribution >= 4 is 35.0 Å². The molecule has 1 saturated heterocycles. The summed E-state index contributed by atoms with van der Waals surface area (Å²) in [5.41, 5.74) is 13.3. The van der Waals surface area contributed by atoms with Crippen LogP contribution in [0.5, 0.6) is 5.75 Å². The van der Waals surface area contributed by atoms with E-state index < -0.39 is 6.29 Å². The van der Waals surface area contributed by atoms with Gasteiger partial charge in [-0.25, -0.2) is 0 Å². The van der Waals surface area contributed by atoms with Gasteiger partial charge in [0.1, 0.15) is 5.75 Å². The summed E-state index contributed by atoms with van der Waals surface area (Å²) in [6, 6.07) is 37.6. The molecule has 0 aliphatic carbocycles. The number of aliphatic hydroxyl groups is 1. The van der Waals surface area contributed by atoms with Crippen molar-refractivity contribution in [1.82, 2.24) is 25.5 Å². The number of hydrogen-bond donors (Lipinski definition) is 5. The Labute approximate surface area is 334 Å². The maximum Gasteiger partial charge on any atom is 0.224 e. The number of tetrazole rings is 1. The van der Waals surface area contributed by atoms with Crippen molar-refractivity contribution in [1.29, 1.82) is 0 Å². The second kappa shape index (κ2) is 18.7. The molecule has 2 amide bonds. The molecule has 2 heterocycles. The number of phenols is 1. The third-order valence-corrected chi connectivity index (χ3v) is 10.6. The molecular weight excluding hydrogens is 743 g/mol. The number of anilines is 2. The lowest BCUT2D eigenvalue weighted by Crippen LogP contribution is -2.31. The number of para-hydroxylation sites is 2. The summed E-state index contributed by atoms with van der Waals surface area (Å²) in [4.78, 5) is 24.9. The first-order chi connectivity index (χ1) is 27.8. The molecule has 0 spiro atoms. The van der Waals surface area contributed by atoms with E-state index in [4.69, 9.17) is 15.2 Å². The molecule has 13 nitrogen and oxygen atoms in total. The van der Waals surface area contributed by atoms with E-state index in [0.717, 1.165) is 39.1 Å². The maximum absolute atomic E-state index is 12.6. The predicted molar refractivity (Wildman–Crippen MR) is 217 cm³/mol. The summed E-state index contributed by atoms with van der Waals surface area (Å²) in [6.45, 7) is 0.326. The van der Waals surface area contributed by atoms with Crippen molar-refractivity contribution in [2.24, 2.45) is 0 Å². The van der Waals surface area contributed by atoms with Gasteiger partial charge in [0.25, 0.3) is 0 Å². The number of nitrogen functional groups attached to an aromatic ring is 1. The van der Waals surface area contributed by atoms with Crippen LogP contribution < -0.4 is 16.4 Å². The number of rotatable bonds is 15. The Bertz CT molecular complexity index is 2270. The fourth-order valence-electron chi connectivity index (χ4n) is 6.43. The average molecular weight is 786 g/mol. The number of amides is 2. The molecular formula is C43H43N7O6S. The second-order valence-corrected chi connectivity index (χ2v) is 14.6. The fourth-order valence-corrected chi connectivity index (χ4v) is 7.34. The molecule has 292 valence electrons. The number of aromatic nitrogens is 4. The number of nitrogens with zero attached hydrogens (tertiary/aromatic N) is 4. The van der Waals surface area contributed by atoms with Gasteiger partial charge < -0.3 is 36.1 Å². The lowest BCUT2D eigenvalue weighted by atomic mass is 9.99. The van der Waals surface area contributed by atoms with E-state index in [0.29, 0.717) is 41.7 Å². The van der Waals surface area contributed by atoms with Gasteiger partial charge in [0, 0.05) is 37.1 Å². The molecule has 1 fully saturated rings.